The Labute approximate surface area is 109 Å². The molecule has 1 fully saturated rings. The van der Waals surface area contributed by atoms with E-state index < -0.39 is 0 Å². The van der Waals surface area contributed by atoms with Gasteiger partial charge in [-0.05, 0) is 32.2 Å². The SMILES string of the molecule is Cc1nn(C)c(CC2(C(C)C)CCCN2)c1Cl. The Morgan fingerprint density at radius 1 is 1.53 bits per heavy atom. The Morgan fingerprint density at radius 2 is 2.24 bits per heavy atom. The number of halogens is 1. The lowest BCUT2D eigenvalue weighted by molar-refractivity contribution is 0.264. The summed E-state index contributed by atoms with van der Waals surface area (Å²) in [5, 5.41) is 8.92. The molecule has 1 atom stereocenters. The van der Waals surface area contributed by atoms with E-state index >= 15 is 0 Å². The molecular weight excluding hydrogens is 234 g/mol. The van der Waals surface area contributed by atoms with Crippen LogP contribution in [-0.2, 0) is 13.5 Å². The summed E-state index contributed by atoms with van der Waals surface area (Å²) in [4.78, 5) is 0. The lowest BCUT2D eigenvalue weighted by Crippen LogP contribution is -2.47. The third-order valence-corrected chi connectivity index (χ3v) is 4.62. The Hall–Kier alpha value is -0.540. The first kappa shape index (κ1) is 12.9. The molecule has 0 aliphatic carbocycles. The van der Waals surface area contributed by atoms with Gasteiger partial charge in [0.2, 0.25) is 0 Å². The molecule has 1 N–H and O–H groups in total. The number of aryl methyl sites for hydroxylation is 2. The van der Waals surface area contributed by atoms with E-state index in [-0.39, 0.29) is 5.54 Å². The first-order chi connectivity index (χ1) is 7.96. The summed E-state index contributed by atoms with van der Waals surface area (Å²) < 4.78 is 1.93. The number of nitrogens with zero attached hydrogens (tertiary/aromatic N) is 2. The molecule has 0 aromatic carbocycles. The lowest BCUT2D eigenvalue weighted by atomic mass is 9.81. The standard InChI is InChI=1S/C13H22ClN3/c1-9(2)13(6-5-7-15-13)8-11-12(14)10(3)16-17(11)4/h9,15H,5-8H2,1-4H3. The number of aromatic nitrogens is 2. The molecule has 1 unspecified atom stereocenters. The smallest absolute Gasteiger partial charge is 0.0847 e. The lowest BCUT2D eigenvalue weighted by Gasteiger charge is -2.34. The summed E-state index contributed by atoms with van der Waals surface area (Å²) in [6.45, 7) is 7.66. The summed E-state index contributed by atoms with van der Waals surface area (Å²) in [6, 6.07) is 0. The number of hydrogen-bond donors (Lipinski definition) is 1. The van der Waals surface area contributed by atoms with E-state index in [9.17, 15) is 0 Å². The fourth-order valence-corrected chi connectivity index (χ4v) is 3.08. The predicted molar refractivity (Wildman–Crippen MR) is 71.5 cm³/mol. The van der Waals surface area contributed by atoms with Crippen molar-refractivity contribution in [2.45, 2.75) is 45.6 Å². The van der Waals surface area contributed by atoms with Crippen LogP contribution in [0.4, 0.5) is 0 Å². The molecule has 3 nitrogen and oxygen atoms in total. The Bertz CT molecular complexity index is 403. The molecular formula is C13H22ClN3. The zero-order valence-corrected chi connectivity index (χ0v) is 11.9. The van der Waals surface area contributed by atoms with Crippen LogP contribution in [0.3, 0.4) is 0 Å². The van der Waals surface area contributed by atoms with Gasteiger partial charge in [-0.15, -0.1) is 0 Å². The molecule has 0 saturated carbocycles. The maximum absolute atomic E-state index is 6.35. The van der Waals surface area contributed by atoms with Gasteiger partial charge in [-0.1, -0.05) is 25.4 Å². The molecule has 17 heavy (non-hydrogen) atoms. The van der Waals surface area contributed by atoms with Crippen LogP contribution in [-0.4, -0.2) is 21.9 Å². The first-order valence-electron chi connectivity index (χ1n) is 6.39. The molecule has 2 heterocycles. The highest BCUT2D eigenvalue weighted by Gasteiger charge is 2.38. The second-order valence-corrected chi connectivity index (χ2v) is 5.87. The van der Waals surface area contributed by atoms with Gasteiger partial charge in [0.25, 0.3) is 0 Å². The average molecular weight is 256 g/mol. The van der Waals surface area contributed by atoms with Crippen molar-refractivity contribution < 1.29 is 0 Å². The molecule has 0 bridgehead atoms. The number of nitrogens with one attached hydrogen (secondary N) is 1. The predicted octanol–water partition coefficient (Wildman–Crippen LogP) is 2.70. The van der Waals surface area contributed by atoms with Crippen molar-refractivity contribution in [3.63, 3.8) is 0 Å². The first-order valence-corrected chi connectivity index (χ1v) is 6.77. The molecule has 4 heteroatoms. The minimum absolute atomic E-state index is 0.198. The summed E-state index contributed by atoms with van der Waals surface area (Å²) in [5.74, 6) is 0.608. The maximum Gasteiger partial charge on any atom is 0.0847 e. The van der Waals surface area contributed by atoms with Gasteiger partial charge in [0.15, 0.2) is 0 Å². The van der Waals surface area contributed by atoms with Crippen molar-refractivity contribution in [1.29, 1.82) is 0 Å². The van der Waals surface area contributed by atoms with E-state index in [0.29, 0.717) is 5.92 Å². The highest BCUT2D eigenvalue weighted by Crippen LogP contribution is 2.33. The largest absolute Gasteiger partial charge is 0.311 e. The van der Waals surface area contributed by atoms with Crippen molar-refractivity contribution in [1.82, 2.24) is 15.1 Å². The third kappa shape index (κ3) is 2.23. The highest BCUT2D eigenvalue weighted by atomic mass is 35.5. The van der Waals surface area contributed by atoms with E-state index in [1.165, 1.54) is 12.8 Å². The highest BCUT2D eigenvalue weighted by molar-refractivity contribution is 6.31. The number of rotatable bonds is 3. The quantitative estimate of drug-likeness (QED) is 0.900. The second kappa shape index (κ2) is 4.62. The van der Waals surface area contributed by atoms with Crippen molar-refractivity contribution >= 4 is 11.6 Å². The third-order valence-electron chi connectivity index (χ3n) is 4.13. The molecule has 1 aromatic rings. The van der Waals surface area contributed by atoms with Gasteiger partial charge < -0.3 is 5.32 Å². The van der Waals surface area contributed by atoms with Crippen molar-refractivity contribution in [3.05, 3.63) is 16.4 Å². The van der Waals surface area contributed by atoms with E-state index in [4.69, 9.17) is 11.6 Å². The van der Waals surface area contributed by atoms with Crippen LogP contribution in [0.5, 0.6) is 0 Å². The van der Waals surface area contributed by atoms with Gasteiger partial charge in [-0.25, -0.2) is 0 Å². The van der Waals surface area contributed by atoms with E-state index in [0.717, 1.165) is 29.4 Å². The van der Waals surface area contributed by atoms with Crippen LogP contribution in [0.15, 0.2) is 0 Å². The van der Waals surface area contributed by atoms with Gasteiger partial charge in [0.05, 0.1) is 16.4 Å². The van der Waals surface area contributed by atoms with Gasteiger partial charge >= 0.3 is 0 Å². The van der Waals surface area contributed by atoms with Crippen LogP contribution >= 0.6 is 11.6 Å². The summed E-state index contributed by atoms with van der Waals surface area (Å²) in [5.41, 5.74) is 2.29. The van der Waals surface area contributed by atoms with Gasteiger partial charge in [0.1, 0.15) is 0 Å². The van der Waals surface area contributed by atoms with E-state index in [1.54, 1.807) is 0 Å². The minimum atomic E-state index is 0.198. The van der Waals surface area contributed by atoms with Gasteiger partial charge in [-0.2, -0.15) is 5.10 Å². The molecule has 1 aliphatic heterocycles. The second-order valence-electron chi connectivity index (χ2n) is 5.49. The molecule has 96 valence electrons. The summed E-state index contributed by atoms with van der Waals surface area (Å²) in [7, 11) is 1.98. The average Bonchev–Trinajstić information content (AvgIpc) is 2.81. The zero-order chi connectivity index (χ0) is 12.6. The molecule has 1 aliphatic rings. The molecule has 1 aromatic heterocycles. The summed E-state index contributed by atoms with van der Waals surface area (Å²) >= 11 is 6.35. The Morgan fingerprint density at radius 3 is 2.65 bits per heavy atom. The maximum atomic E-state index is 6.35. The molecule has 1 saturated heterocycles. The van der Waals surface area contributed by atoms with Crippen LogP contribution < -0.4 is 5.32 Å². The summed E-state index contributed by atoms with van der Waals surface area (Å²) in [6.07, 6.45) is 3.46. The van der Waals surface area contributed by atoms with E-state index in [1.807, 2.05) is 18.7 Å². The van der Waals surface area contributed by atoms with Gasteiger partial charge in [0, 0.05) is 19.0 Å². The fraction of sp³-hybridized carbons (Fsp3) is 0.769. The normalized spacial score (nSPS) is 24.8. The van der Waals surface area contributed by atoms with E-state index in [2.05, 4.69) is 24.3 Å². The molecule has 0 radical (unpaired) electrons. The van der Waals surface area contributed by atoms with Crippen LogP contribution in [0.2, 0.25) is 5.02 Å². The van der Waals surface area contributed by atoms with Crippen LogP contribution in [0.1, 0.15) is 38.1 Å². The van der Waals surface area contributed by atoms with Crippen molar-refractivity contribution in [2.24, 2.45) is 13.0 Å². The van der Waals surface area contributed by atoms with Crippen LogP contribution in [0, 0.1) is 12.8 Å². The Kier molecular flexibility index (Phi) is 3.50. The molecule has 2 rings (SSSR count). The Balaban J connectivity index is 2.29. The van der Waals surface area contributed by atoms with Crippen molar-refractivity contribution in [3.8, 4) is 0 Å². The van der Waals surface area contributed by atoms with Crippen LogP contribution in [0.25, 0.3) is 0 Å². The van der Waals surface area contributed by atoms with Crippen molar-refractivity contribution in [2.75, 3.05) is 6.54 Å². The fourth-order valence-electron chi connectivity index (χ4n) is 2.85. The molecule has 0 spiro atoms. The zero-order valence-electron chi connectivity index (χ0n) is 11.2. The number of hydrogen-bond acceptors (Lipinski definition) is 2. The minimum Gasteiger partial charge on any atom is -0.311 e. The monoisotopic (exact) mass is 255 g/mol. The molecule has 0 amide bonds. The topological polar surface area (TPSA) is 29.9 Å². The van der Waals surface area contributed by atoms with Gasteiger partial charge in [-0.3, -0.25) is 4.68 Å².